The predicted octanol–water partition coefficient (Wildman–Crippen LogP) is 2.53. The van der Waals surface area contributed by atoms with Crippen LogP contribution in [0.3, 0.4) is 0 Å². The third-order valence-corrected chi connectivity index (χ3v) is 4.11. The first-order valence-corrected chi connectivity index (χ1v) is 7.22. The Morgan fingerprint density at radius 3 is 2.60 bits per heavy atom. The number of benzene rings is 1. The van der Waals surface area contributed by atoms with Gasteiger partial charge in [-0.1, -0.05) is 30.3 Å². The van der Waals surface area contributed by atoms with Gasteiger partial charge in [-0.3, -0.25) is 9.88 Å². The van der Waals surface area contributed by atoms with Gasteiger partial charge in [-0.15, -0.1) is 0 Å². The minimum atomic E-state index is -0.240. The molecule has 1 aliphatic heterocycles. The molecule has 1 atom stereocenters. The van der Waals surface area contributed by atoms with Crippen molar-refractivity contribution in [1.82, 2.24) is 9.88 Å². The number of piperidine rings is 1. The second kappa shape index (κ2) is 5.73. The third-order valence-electron chi connectivity index (χ3n) is 4.11. The third kappa shape index (κ3) is 2.89. The average molecular weight is 267 g/mol. The molecule has 0 saturated carbocycles. The summed E-state index contributed by atoms with van der Waals surface area (Å²) in [6, 6.07) is 14.7. The zero-order valence-electron chi connectivity index (χ0n) is 11.7. The summed E-state index contributed by atoms with van der Waals surface area (Å²) in [5.41, 5.74) is 8.97. The molecule has 1 unspecified atom stereocenters. The van der Waals surface area contributed by atoms with Gasteiger partial charge in [0.05, 0.1) is 5.54 Å². The number of pyridine rings is 1. The van der Waals surface area contributed by atoms with E-state index < -0.39 is 0 Å². The fraction of sp³-hybridized carbons (Fsp3) is 0.353. The van der Waals surface area contributed by atoms with Crippen molar-refractivity contribution in [1.29, 1.82) is 0 Å². The largest absolute Gasteiger partial charge is 0.320 e. The van der Waals surface area contributed by atoms with E-state index in [9.17, 15) is 0 Å². The van der Waals surface area contributed by atoms with Crippen molar-refractivity contribution in [2.75, 3.05) is 13.1 Å². The topological polar surface area (TPSA) is 42.1 Å². The molecule has 2 N–H and O–H groups in total. The average Bonchev–Trinajstić information content (AvgIpc) is 2.49. The molecule has 1 fully saturated rings. The standard InChI is InChI=1S/C17H21N3/c18-17(16-7-10-19-11-8-16)9-4-12-20(14-17)13-15-5-2-1-3-6-15/h1-3,5-8,10-11H,4,9,12-14,18H2. The summed E-state index contributed by atoms with van der Waals surface area (Å²) in [6.07, 6.45) is 5.86. The van der Waals surface area contributed by atoms with E-state index in [2.05, 4.69) is 40.2 Å². The van der Waals surface area contributed by atoms with E-state index in [0.29, 0.717) is 0 Å². The number of nitrogens with zero attached hydrogens (tertiary/aromatic N) is 2. The van der Waals surface area contributed by atoms with Gasteiger partial charge in [-0.25, -0.2) is 0 Å². The van der Waals surface area contributed by atoms with Crippen LogP contribution in [0.25, 0.3) is 0 Å². The second-order valence-electron chi connectivity index (χ2n) is 5.69. The lowest BCUT2D eigenvalue weighted by Gasteiger charge is -2.40. The van der Waals surface area contributed by atoms with Crippen LogP contribution in [-0.4, -0.2) is 23.0 Å². The van der Waals surface area contributed by atoms with E-state index in [1.807, 2.05) is 24.5 Å². The smallest absolute Gasteiger partial charge is 0.0540 e. The van der Waals surface area contributed by atoms with Gasteiger partial charge >= 0.3 is 0 Å². The summed E-state index contributed by atoms with van der Waals surface area (Å²) in [6.45, 7) is 3.01. The molecule has 3 rings (SSSR count). The fourth-order valence-electron chi connectivity index (χ4n) is 3.07. The first-order valence-electron chi connectivity index (χ1n) is 7.22. The lowest BCUT2D eigenvalue weighted by Crippen LogP contribution is -2.51. The van der Waals surface area contributed by atoms with Crippen molar-refractivity contribution in [2.45, 2.75) is 24.9 Å². The SMILES string of the molecule is NC1(c2ccncc2)CCCN(Cc2ccccc2)C1. The maximum absolute atomic E-state index is 6.65. The van der Waals surface area contributed by atoms with E-state index in [1.54, 1.807) is 0 Å². The van der Waals surface area contributed by atoms with Crippen molar-refractivity contribution >= 4 is 0 Å². The Morgan fingerprint density at radius 1 is 1.10 bits per heavy atom. The summed E-state index contributed by atoms with van der Waals surface area (Å²) in [5, 5.41) is 0. The molecule has 20 heavy (non-hydrogen) atoms. The van der Waals surface area contributed by atoms with Crippen LogP contribution >= 0.6 is 0 Å². The van der Waals surface area contributed by atoms with Gasteiger partial charge in [0, 0.05) is 25.5 Å². The van der Waals surface area contributed by atoms with Crippen molar-refractivity contribution < 1.29 is 0 Å². The molecule has 1 aromatic carbocycles. The van der Waals surface area contributed by atoms with Gasteiger partial charge in [0.2, 0.25) is 0 Å². The molecule has 0 amide bonds. The van der Waals surface area contributed by atoms with Crippen LogP contribution in [-0.2, 0) is 12.1 Å². The molecule has 0 spiro atoms. The monoisotopic (exact) mass is 267 g/mol. The summed E-state index contributed by atoms with van der Waals surface area (Å²) in [4.78, 5) is 6.55. The van der Waals surface area contributed by atoms with E-state index in [0.717, 1.165) is 32.5 Å². The molecule has 0 radical (unpaired) electrons. The Morgan fingerprint density at radius 2 is 1.85 bits per heavy atom. The van der Waals surface area contributed by atoms with Gasteiger partial charge in [0.1, 0.15) is 0 Å². The summed E-state index contributed by atoms with van der Waals surface area (Å²) >= 11 is 0. The van der Waals surface area contributed by atoms with Crippen LogP contribution in [0.1, 0.15) is 24.0 Å². The van der Waals surface area contributed by atoms with Gasteiger partial charge in [-0.05, 0) is 42.6 Å². The number of hydrogen-bond donors (Lipinski definition) is 1. The molecule has 2 aromatic rings. The Bertz CT molecular complexity index is 541. The van der Waals surface area contributed by atoms with Crippen molar-refractivity contribution in [2.24, 2.45) is 5.73 Å². The van der Waals surface area contributed by atoms with E-state index in [4.69, 9.17) is 5.73 Å². The highest BCUT2D eigenvalue weighted by Crippen LogP contribution is 2.29. The zero-order valence-corrected chi connectivity index (χ0v) is 11.7. The van der Waals surface area contributed by atoms with Gasteiger partial charge in [0.25, 0.3) is 0 Å². The number of likely N-dealkylation sites (tertiary alicyclic amines) is 1. The molecule has 1 aromatic heterocycles. The molecule has 0 aliphatic carbocycles. The van der Waals surface area contributed by atoms with Crippen molar-refractivity contribution in [3.63, 3.8) is 0 Å². The molecule has 3 heteroatoms. The highest BCUT2D eigenvalue weighted by Gasteiger charge is 2.33. The van der Waals surface area contributed by atoms with Gasteiger partial charge < -0.3 is 5.73 Å². The van der Waals surface area contributed by atoms with E-state index >= 15 is 0 Å². The zero-order chi connectivity index (χ0) is 13.8. The van der Waals surface area contributed by atoms with Crippen molar-refractivity contribution in [3.05, 3.63) is 66.0 Å². The molecule has 3 nitrogen and oxygen atoms in total. The van der Waals surface area contributed by atoms with Crippen LogP contribution in [0.15, 0.2) is 54.9 Å². The van der Waals surface area contributed by atoms with Crippen LogP contribution in [0.2, 0.25) is 0 Å². The number of nitrogens with two attached hydrogens (primary N) is 1. The first-order chi connectivity index (χ1) is 9.76. The molecule has 0 bridgehead atoms. The molecule has 104 valence electrons. The minimum Gasteiger partial charge on any atom is -0.320 e. The lowest BCUT2D eigenvalue weighted by molar-refractivity contribution is 0.142. The maximum atomic E-state index is 6.65. The first kappa shape index (κ1) is 13.3. The number of aromatic nitrogens is 1. The van der Waals surface area contributed by atoms with Crippen LogP contribution < -0.4 is 5.73 Å². The Kier molecular flexibility index (Phi) is 3.81. The van der Waals surface area contributed by atoms with E-state index in [-0.39, 0.29) is 5.54 Å². The Hall–Kier alpha value is -1.71. The quantitative estimate of drug-likeness (QED) is 0.929. The fourth-order valence-corrected chi connectivity index (χ4v) is 3.07. The molecular weight excluding hydrogens is 246 g/mol. The molecular formula is C17H21N3. The van der Waals surface area contributed by atoms with Crippen molar-refractivity contribution in [3.8, 4) is 0 Å². The van der Waals surface area contributed by atoms with Crippen LogP contribution in [0, 0.1) is 0 Å². The maximum Gasteiger partial charge on any atom is 0.0540 e. The number of rotatable bonds is 3. The summed E-state index contributed by atoms with van der Waals surface area (Å²) < 4.78 is 0. The van der Waals surface area contributed by atoms with Gasteiger partial charge in [0.15, 0.2) is 0 Å². The second-order valence-corrected chi connectivity index (χ2v) is 5.69. The van der Waals surface area contributed by atoms with Gasteiger partial charge in [-0.2, -0.15) is 0 Å². The molecule has 1 aliphatic rings. The Labute approximate surface area is 120 Å². The van der Waals surface area contributed by atoms with Crippen LogP contribution in [0.5, 0.6) is 0 Å². The van der Waals surface area contributed by atoms with E-state index in [1.165, 1.54) is 11.1 Å². The highest BCUT2D eigenvalue weighted by atomic mass is 15.2. The van der Waals surface area contributed by atoms with Crippen LogP contribution in [0.4, 0.5) is 0 Å². The highest BCUT2D eigenvalue weighted by molar-refractivity contribution is 5.23. The lowest BCUT2D eigenvalue weighted by atomic mass is 9.83. The predicted molar refractivity (Wildman–Crippen MR) is 81.1 cm³/mol. The normalized spacial score (nSPS) is 23.6. The molecule has 1 saturated heterocycles. The minimum absolute atomic E-state index is 0.240. The Balaban J connectivity index is 1.73. The molecule has 2 heterocycles. The summed E-state index contributed by atoms with van der Waals surface area (Å²) in [5.74, 6) is 0. The summed E-state index contributed by atoms with van der Waals surface area (Å²) in [7, 11) is 0. The number of hydrogen-bond acceptors (Lipinski definition) is 3.